The minimum atomic E-state index is 0.200. The van der Waals surface area contributed by atoms with E-state index in [4.69, 9.17) is 0 Å². The summed E-state index contributed by atoms with van der Waals surface area (Å²) >= 11 is 0. The van der Waals surface area contributed by atoms with Gasteiger partial charge < -0.3 is 10.2 Å². The molecule has 1 N–H and O–H groups in total. The maximum Gasteiger partial charge on any atom is 0.210 e. The van der Waals surface area contributed by atoms with E-state index in [1.165, 1.54) is 24.8 Å². The Labute approximate surface area is 107 Å². The third-order valence-corrected chi connectivity index (χ3v) is 3.80. The van der Waals surface area contributed by atoms with Gasteiger partial charge >= 0.3 is 0 Å². The summed E-state index contributed by atoms with van der Waals surface area (Å²) in [6.45, 7) is 0.867. The number of aromatic nitrogens is 1. The average molecular weight is 245 g/mol. The second kappa shape index (κ2) is 4.96. The molecule has 0 radical (unpaired) electrons. The minimum Gasteiger partial charge on any atom is -0.367 e. The van der Waals surface area contributed by atoms with Crippen molar-refractivity contribution in [3.05, 3.63) is 23.9 Å². The predicted octanol–water partition coefficient (Wildman–Crippen LogP) is 2.34. The summed E-state index contributed by atoms with van der Waals surface area (Å²) in [6, 6.07) is 4.85. The van der Waals surface area contributed by atoms with Crippen molar-refractivity contribution in [3.8, 4) is 0 Å². The van der Waals surface area contributed by atoms with Crippen LogP contribution in [0.3, 0.4) is 0 Å². The number of anilines is 1. The minimum absolute atomic E-state index is 0.200. The summed E-state index contributed by atoms with van der Waals surface area (Å²) in [4.78, 5) is 17.5. The number of carbonyl (C=O) groups excluding carboxylic acids is 1. The lowest BCUT2D eigenvalue weighted by molar-refractivity contribution is -0.121. The number of rotatable bonds is 4. The van der Waals surface area contributed by atoms with E-state index in [9.17, 15) is 4.79 Å². The second-order valence-corrected chi connectivity index (χ2v) is 5.21. The van der Waals surface area contributed by atoms with Gasteiger partial charge in [0.25, 0.3) is 0 Å². The molecule has 1 saturated heterocycles. The molecule has 1 amide bonds. The van der Waals surface area contributed by atoms with Gasteiger partial charge in [0.15, 0.2) is 0 Å². The first-order chi connectivity index (χ1) is 8.88. The van der Waals surface area contributed by atoms with Crippen molar-refractivity contribution in [1.29, 1.82) is 0 Å². The zero-order valence-corrected chi connectivity index (χ0v) is 10.5. The molecule has 2 fully saturated rings. The number of piperidine rings is 1. The second-order valence-electron chi connectivity index (χ2n) is 5.21. The SMILES string of the molecule is O=CN1CCCC[C@@H]1c1cccnc1NC1CC1. The van der Waals surface area contributed by atoms with Crippen LogP contribution in [-0.4, -0.2) is 28.9 Å². The van der Waals surface area contributed by atoms with Crippen LogP contribution in [0.25, 0.3) is 0 Å². The van der Waals surface area contributed by atoms with Crippen LogP contribution in [-0.2, 0) is 4.79 Å². The molecule has 0 spiro atoms. The molecule has 0 unspecified atom stereocenters. The van der Waals surface area contributed by atoms with Crippen molar-refractivity contribution in [2.75, 3.05) is 11.9 Å². The molecule has 96 valence electrons. The van der Waals surface area contributed by atoms with E-state index in [-0.39, 0.29) is 6.04 Å². The monoisotopic (exact) mass is 245 g/mol. The topological polar surface area (TPSA) is 45.2 Å². The fourth-order valence-corrected chi connectivity index (χ4v) is 2.64. The molecule has 1 aliphatic heterocycles. The third kappa shape index (κ3) is 2.33. The Hall–Kier alpha value is -1.58. The molecule has 3 rings (SSSR count). The number of carbonyl (C=O) groups is 1. The van der Waals surface area contributed by atoms with E-state index in [1.54, 1.807) is 0 Å². The molecule has 2 heterocycles. The lowest BCUT2D eigenvalue weighted by Gasteiger charge is -2.33. The predicted molar refractivity (Wildman–Crippen MR) is 70.2 cm³/mol. The summed E-state index contributed by atoms with van der Waals surface area (Å²) in [7, 11) is 0. The van der Waals surface area contributed by atoms with Crippen LogP contribution in [0.5, 0.6) is 0 Å². The van der Waals surface area contributed by atoms with Crippen LogP contribution >= 0.6 is 0 Å². The molecule has 0 bridgehead atoms. The number of nitrogens with zero attached hydrogens (tertiary/aromatic N) is 2. The van der Waals surface area contributed by atoms with Gasteiger partial charge in [0.2, 0.25) is 6.41 Å². The van der Waals surface area contributed by atoms with Crippen molar-refractivity contribution >= 4 is 12.2 Å². The maximum absolute atomic E-state index is 11.2. The Morgan fingerprint density at radius 2 is 2.22 bits per heavy atom. The lowest BCUT2D eigenvalue weighted by atomic mass is 9.96. The van der Waals surface area contributed by atoms with Crippen LogP contribution in [0.15, 0.2) is 18.3 Å². The van der Waals surface area contributed by atoms with E-state index in [1.807, 2.05) is 17.2 Å². The van der Waals surface area contributed by atoms with Gasteiger partial charge in [0.1, 0.15) is 5.82 Å². The number of hydrogen-bond donors (Lipinski definition) is 1. The molecule has 18 heavy (non-hydrogen) atoms. The van der Waals surface area contributed by atoms with Crippen molar-refractivity contribution in [2.45, 2.75) is 44.2 Å². The van der Waals surface area contributed by atoms with Gasteiger partial charge in [0, 0.05) is 24.3 Å². The highest BCUT2D eigenvalue weighted by atomic mass is 16.1. The van der Waals surface area contributed by atoms with E-state index < -0.39 is 0 Å². The highest BCUT2D eigenvalue weighted by molar-refractivity contribution is 5.53. The van der Waals surface area contributed by atoms with Crippen LogP contribution in [0, 0.1) is 0 Å². The summed E-state index contributed by atoms with van der Waals surface area (Å²) in [5.41, 5.74) is 1.18. The molecule has 1 aromatic heterocycles. The van der Waals surface area contributed by atoms with E-state index in [0.29, 0.717) is 6.04 Å². The molecule has 2 aliphatic rings. The van der Waals surface area contributed by atoms with Crippen molar-refractivity contribution < 1.29 is 4.79 Å². The van der Waals surface area contributed by atoms with Gasteiger partial charge in [-0.1, -0.05) is 6.07 Å². The van der Waals surface area contributed by atoms with Crippen LogP contribution < -0.4 is 5.32 Å². The highest BCUT2D eigenvalue weighted by Crippen LogP contribution is 2.34. The zero-order chi connectivity index (χ0) is 12.4. The average Bonchev–Trinajstić information content (AvgIpc) is 3.23. The van der Waals surface area contributed by atoms with Crippen LogP contribution in [0.2, 0.25) is 0 Å². The van der Waals surface area contributed by atoms with Gasteiger partial charge in [-0.25, -0.2) is 4.98 Å². The summed E-state index contributed by atoms with van der Waals surface area (Å²) < 4.78 is 0. The normalized spacial score (nSPS) is 23.8. The van der Waals surface area contributed by atoms with Crippen molar-refractivity contribution in [3.63, 3.8) is 0 Å². The molecule has 1 atom stereocenters. The van der Waals surface area contributed by atoms with Gasteiger partial charge in [-0.2, -0.15) is 0 Å². The van der Waals surface area contributed by atoms with E-state index in [0.717, 1.165) is 31.6 Å². The summed E-state index contributed by atoms with van der Waals surface area (Å²) in [6.07, 6.45) is 8.62. The zero-order valence-electron chi connectivity index (χ0n) is 10.5. The standard InChI is InChI=1S/C14H19N3O/c18-10-17-9-2-1-5-13(17)12-4-3-8-15-14(12)16-11-6-7-11/h3-4,8,10-11,13H,1-2,5-7,9H2,(H,15,16)/t13-/m1/s1. The Morgan fingerprint density at radius 3 is 3.00 bits per heavy atom. The molecule has 1 aromatic rings. The molecular formula is C14H19N3O. The Bertz CT molecular complexity index is 431. The van der Waals surface area contributed by atoms with Gasteiger partial charge in [-0.05, 0) is 38.2 Å². The van der Waals surface area contributed by atoms with Crippen molar-refractivity contribution in [1.82, 2.24) is 9.88 Å². The number of amides is 1. The van der Waals surface area contributed by atoms with E-state index in [2.05, 4.69) is 16.4 Å². The van der Waals surface area contributed by atoms with E-state index >= 15 is 0 Å². The first-order valence-electron chi connectivity index (χ1n) is 6.81. The third-order valence-electron chi connectivity index (χ3n) is 3.80. The fraction of sp³-hybridized carbons (Fsp3) is 0.571. The molecule has 0 aromatic carbocycles. The van der Waals surface area contributed by atoms with Gasteiger partial charge in [0.05, 0.1) is 6.04 Å². The quantitative estimate of drug-likeness (QED) is 0.828. The number of likely N-dealkylation sites (tertiary alicyclic amines) is 1. The molecule has 4 heteroatoms. The first-order valence-corrected chi connectivity index (χ1v) is 6.81. The number of pyridine rings is 1. The molecular weight excluding hydrogens is 226 g/mol. The highest BCUT2D eigenvalue weighted by Gasteiger charge is 2.28. The summed E-state index contributed by atoms with van der Waals surface area (Å²) in [5.74, 6) is 0.971. The molecule has 1 aliphatic carbocycles. The Morgan fingerprint density at radius 1 is 1.33 bits per heavy atom. The molecule has 1 saturated carbocycles. The number of nitrogens with one attached hydrogen (secondary N) is 1. The number of hydrogen-bond acceptors (Lipinski definition) is 3. The smallest absolute Gasteiger partial charge is 0.210 e. The van der Waals surface area contributed by atoms with Gasteiger partial charge in [-0.15, -0.1) is 0 Å². The maximum atomic E-state index is 11.2. The Kier molecular flexibility index (Phi) is 3.17. The lowest BCUT2D eigenvalue weighted by Crippen LogP contribution is -2.32. The van der Waals surface area contributed by atoms with Crippen molar-refractivity contribution in [2.24, 2.45) is 0 Å². The molecule has 4 nitrogen and oxygen atoms in total. The van der Waals surface area contributed by atoms with Crippen LogP contribution in [0.1, 0.15) is 43.7 Å². The fourth-order valence-electron chi connectivity index (χ4n) is 2.64. The largest absolute Gasteiger partial charge is 0.367 e. The van der Waals surface area contributed by atoms with Gasteiger partial charge in [-0.3, -0.25) is 4.79 Å². The van der Waals surface area contributed by atoms with Crippen LogP contribution in [0.4, 0.5) is 5.82 Å². The first kappa shape index (κ1) is 11.5. The Balaban J connectivity index is 1.86. The summed E-state index contributed by atoms with van der Waals surface area (Å²) in [5, 5.41) is 3.47.